The van der Waals surface area contributed by atoms with Crippen LogP contribution >= 0.6 is 0 Å². The van der Waals surface area contributed by atoms with E-state index in [0.29, 0.717) is 17.9 Å². The maximum absolute atomic E-state index is 11.8. The third-order valence-electron chi connectivity index (χ3n) is 2.82. The summed E-state index contributed by atoms with van der Waals surface area (Å²) in [5.41, 5.74) is 7.19. The van der Waals surface area contributed by atoms with E-state index >= 15 is 0 Å². The summed E-state index contributed by atoms with van der Waals surface area (Å²) in [6, 6.07) is 1.92. The molecule has 0 radical (unpaired) electrons. The number of nitrogens with one attached hydrogen (secondary N) is 1. The van der Waals surface area contributed by atoms with Crippen molar-refractivity contribution in [1.82, 2.24) is 24.9 Å². The van der Waals surface area contributed by atoms with Crippen molar-refractivity contribution in [3.05, 3.63) is 29.7 Å². The molecule has 0 fully saturated rings. The molecule has 0 bridgehead atoms. The molecule has 0 aliphatic rings. The van der Waals surface area contributed by atoms with Gasteiger partial charge in [0.05, 0.1) is 6.20 Å². The van der Waals surface area contributed by atoms with E-state index in [-0.39, 0.29) is 5.91 Å². The molecule has 0 spiro atoms. The molecule has 96 valence electrons. The number of nitrogens with zero attached hydrogens (tertiary/aromatic N) is 4. The molecule has 0 saturated heterocycles. The van der Waals surface area contributed by atoms with Crippen LogP contribution in [0.5, 0.6) is 0 Å². The van der Waals surface area contributed by atoms with Crippen molar-refractivity contribution in [2.45, 2.75) is 6.42 Å². The van der Waals surface area contributed by atoms with Crippen molar-refractivity contribution in [3.63, 3.8) is 0 Å². The minimum Gasteiger partial charge on any atom is -0.383 e. The second kappa shape index (κ2) is 4.91. The molecule has 1 amide bonds. The molecule has 0 aliphatic heterocycles. The molecule has 7 nitrogen and oxygen atoms in total. The first kappa shape index (κ1) is 12.2. The van der Waals surface area contributed by atoms with Gasteiger partial charge in [0, 0.05) is 39.0 Å². The van der Waals surface area contributed by atoms with Crippen LogP contribution in [0.3, 0.4) is 0 Å². The summed E-state index contributed by atoms with van der Waals surface area (Å²) < 4.78 is 3.25. The summed E-state index contributed by atoms with van der Waals surface area (Å²) in [6.07, 6.45) is 3.92. The topological polar surface area (TPSA) is 90.8 Å². The van der Waals surface area contributed by atoms with Crippen molar-refractivity contribution in [3.8, 4) is 0 Å². The van der Waals surface area contributed by atoms with Crippen LogP contribution < -0.4 is 11.1 Å². The van der Waals surface area contributed by atoms with E-state index in [1.54, 1.807) is 17.9 Å². The van der Waals surface area contributed by atoms with E-state index in [1.165, 1.54) is 10.9 Å². The Kier molecular flexibility index (Phi) is 3.31. The SMILES string of the molecule is Cn1nccc1CCNC(=O)c1cnn(C)c1N. The second-order valence-corrected chi connectivity index (χ2v) is 4.02. The van der Waals surface area contributed by atoms with Gasteiger partial charge >= 0.3 is 0 Å². The van der Waals surface area contributed by atoms with Crippen molar-refractivity contribution in [1.29, 1.82) is 0 Å². The zero-order valence-electron chi connectivity index (χ0n) is 10.4. The zero-order valence-corrected chi connectivity index (χ0v) is 10.4. The normalized spacial score (nSPS) is 10.6. The average molecular weight is 248 g/mol. The molecule has 0 unspecified atom stereocenters. The van der Waals surface area contributed by atoms with E-state index in [2.05, 4.69) is 15.5 Å². The highest BCUT2D eigenvalue weighted by atomic mass is 16.1. The van der Waals surface area contributed by atoms with Gasteiger partial charge in [0.2, 0.25) is 0 Å². The summed E-state index contributed by atoms with van der Waals surface area (Å²) in [7, 11) is 3.57. The van der Waals surface area contributed by atoms with Crippen LogP contribution in [0.1, 0.15) is 16.1 Å². The van der Waals surface area contributed by atoms with E-state index in [1.807, 2.05) is 13.1 Å². The Bertz CT molecular complexity index is 556. The number of rotatable bonds is 4. The van der Waals surface area contributed by atoms with Crippen LogP contribution in [0.4, 0.5) is 5.82 Å². The zero-order chi connectivity index (χ0) is 13.1. The Morgan fingerprint density at radius 2 is 2.17 bits per heavy atom. The minimum absolute atomic E-state index is 0.206. The Balaban J connectivity index is 1.89. The van der Waals surface area contributed by atoms with Crippen molar-refractivity contribution < 1.29 is 4.79 Å². The maximum atomic E-state index is 11.8. The van der Waals surface area contributed by atoms with Gasteiger partial charge in [0.1, 0.15) is 11.4 Å². The molecule has 0 saturated carbocycles. The molecule has 2 heterocycles. The smallest absolute Gasteiger partial charge is 0.256 e. The molecule has 2 rings (SSSR count). The predicted molar refractivity (Wildman–Crippen MR) is 66.9 cm³/mol. The second-order valence-electron chi connectivity index (χ2n) is 4.02. The first-order valence-electron chi connectivity index (χ1n) is 5.62. The number of aromatic nitrogens is 4. The van der Waals surface area contributed by atoms with Gasteiger partial charge in [-0.15, -0.1) is 0 Å². The number of hydrogen-bond donors (Lipinski definition) is 2. The van der Waals surface area contributed by atoms with E-state index < -0.39 is 0 Å². The average Bonchev–Trinajstić information content (AvgIpc) is 2.88. The van der Waals surface area contributed by atoms with Crippen LogP contribution in [-0.2, 0) is 20.5 Å². The molecule has 0 aromatic carbocycles. The number of carbonyl (C=O) groups is 1. The number of amides is 1. The molecule has 3 N–H and O–H groups in total. The summed E-state index contributed by atoms with van der Waals surface area (Å²) in [5.74, 6) is 0.163. The summed E-state index contributed by atoms with van der Waals surface area (Å²) in [5, 5.41) is 10.8. The Morgan fingerprint density at radius 1 is 1.39 bits per heavy atom. The largest absolute Gasteiger partial charge is 0.383 e. The van der Waals surface area contributed by atoms with Crippen LogP contribution in [0, 0.1) is 0 Å². The first-order chi connectivity index (χ1) is 8.59. The summed E-state index contributed by atoms with van der Waals surface area (Å²) in [4.78, 5) is 11.8. The van der Waals surface area contributed by atoms with E-state index in [0.717, 1.165) is 12.1 Å². The standard InChI is InChI=1S/C11H16N6O/c1-16-8(4-6-14-16)3-5-13-11(18)9-7-15-17(2)10(9)12/h4,6-7H,3,5,12H2,1-2H3,(H,13,18). The van der Waals surface area contributed by atoms with E-state index in [9.17, 15) is 4.79 Å². The predicted octanol–water partition coefficient (Wildman–Crippen LogP) is -0.292. The number of carbonyl (C=O) groups excluding carboxylic acids is 1. The van der Waals surface area contributed by atoms with Gasteiger partial charge in [-0.25, -0.2) is 0 Å². The lowest BCUT2D eigenvalue weighted by Crippen LogP contribution is -2.26. The fourth-order valence-corrected chi connectivity index (χ4v) is 1.67. The Hall–Kier alpha value is -2.31. The molecule has 0 aliphatic carbocycles. The fourth-order valence-electron chi connectivity index (χ4n) is 1.67. The van der Waals surface area contributed by atoms with Gasteiger partial charge in [-0.05, 0) is 6.07 Å². The number of aryl methyl sites for hydroxylation is 2. The van der Waals surface area contributed by atoms with Crippen LogP contribution in [-0.4, -0.2) is 32.0 Å². The third-order valence-corrected chi connectivity index (χ3v) is 2.82. The highest BCUT2D eigenvalue weighted by Crippen LogP contribution is 2.08. The van der Waals surface area contributed by atoms with Gasteiger partial charge in [0.15, 0.2) is 0 Å². The van der Waals surface area contributed by atoms with Crippen LogP contribution in [0.15, 0.2) is 18.5 Å². The molecule has 2 aromatic heterocycles. The Labute approximate surface area is 105 Å². The van der Waals surface area contributed by atoms with Crippen molar-refractivity contribution in [2.24, 2.45) is 14.1 Å². The lowest BCUT2D eigenvalue weighted by molar-refractivity contribution is 0.0955. The lowest BCUT2D eigenvalue weighted by atomic mass is 10.2. The van der Waals surface area contributed by atoms with E-state index in [4.69, 9.17) is 5.73 Å². The highest BCUT2D eigenvalue weighted by molar-refractivity contribution is 5.98. The molecule has 18 heavy (non-hydrogen) atoms. The molecular weight excluding hydrogens is 232 g/mol. The number of hydrogen-bond acceptors (Lipinski definition) is 4. The van der Waals surface area contributed by atoms with Gasteiger partial charge in [-0.2, -0.15) is 10.2 Å². The Morgan fingerprint density at radius 3 is 2.72 bits per heavy atom. The lowest BCUT2D eigenvalue weighted by Gasteiger charge is -2.05. The van der Waals surface area contributed by atoms with Crippen LogP contribution in [0.25, 0.3) is 0 Å². The summed E-state index contributed by atoms with van der Waals surface area (Å²) in [6.45, 7) is 0.534. The van der Waals surface area contributed by atoms with Gasteiger partial charge in [-0.3, -0.25) is 14.2 Å². The van der Waals surface area contributed by atoms with Gasteiger partial charge < -0.3 is 11.1 Å². The maximum Gasteiger partial charge on any atom is 0.256 e. The quantitative estimate of drug-likeness (QED) is 0.777. The van der Waals surface area contributed by atoms with Gasteiger partial charge in [-0.1, -0.05) is 0 Å². The van der Waals surface area contributed by atoms with Crippen molar-refractivity contribution in [2.75, 3.05) is 12.3 Å². The number of nitrogen functional groups attached to an aromatic ring is 1. The van der Waals surface area contributed by atoms with Gasteiger partial charge in [0.25, 0.3) is 5.91 Å². The van der Waals surface area contributed by atoms with Crippen molar-refractivity contribution >= 4 is 11.7 Å². The molecule has 7 heteroatoms. The molecular formula is C11H16N6O. The fraction of sp³-hybridized carbons (Fsp3) is 0.364. The minimum atomic E-state index is -0.206. The number of anilines is 1. The first-order valence-corrected chi connectivity index (χ1v) is 5.62. The number of nitrogens with two attached hydrogens (primary N) is 1. The molecule has 2 aromatic rings. The highest BCUT2D eigenvalue weighted by Gasteiger charge is 2.12. The monoisotopic (exact) mass is 248 g/mol. The third kappa shape index (κ3) is 2.34. The van der Waals surface area contributed by atoms with Crippen LogP contribution in [0.2, 0.25) is 0 Å². The summed E-state index contributed by atoms with van der Waals surface area (Å²) >= 11 is 0. The molecule has 0 atom stereocenters.